The van der Waals surface area contributed by atoms with Crippen LogP contribution in [0.15, 0.2) is 70.4 Å². The van der Waals surface area contributed by atoms with Gasteiger partial charge in [0.05, 0.1) is 17.6 Å². The fraction of sp³-hybridized carbons (Fsp3) is 0.158. The summed E-state index contributed by atoms with van der Waals surface area (Å²) < 4.78 is 46.1. The van der Waals surface area contributed by atoms with Crippen molar-refractivity contribution in [3.8, 4) is 11.3 Å². The molecule has 138 valence electrons. The van der Waals surface area contributed by atoms with Crippen LogP contribution in [-0.4, -0.2) is 20.7 Å². The van der Waals surface area contributed by atoms with Crippen LogP contribution in [0.4, 0.5) is 13.2 Å². The number of alkyl halides is 3. The second kappa shape index (κ2) is 7.11. The number of imidazole rings is 1. The summed E-state index contributed by atoms with van der Waals surface area (Å²) >= 11 is 1.17. The van der Waals surface area contributed by atoms with Gasteiger partial charge >= 0.3 is 6.18 Å². The predicted molar refractivity (Wildman–Crippen MR) is 97.3 cm³/mol. The predicted octanol–water partition coefficient (Wildman–Crippen LogP) is 5.55. The quantitative estimate of drug-likeness (QED) is 0.420. The topological polar surface area (TPSA) is 43.9 Å². The number of fused-ring (bicyclic) bond motifs is 1. The molecule has 4 rings (SSSR count). The maximum Gasteiger partial charge on any atom is 0.406 e. The molecule has 0 saturated heterocycles. The van der Waals surface area contributed by atoms with E-state index in [0.717, 1.165) is 5.52 Å². The van der Waals surface area contributed by atoms with Crippen LogP contribution in [0.5, 0.6) is 0 Å². The minimum Gasteiger partial charge on any atom is -0.440 e. The summed E-state index contributed by atoms with van der Waals surface area (Å²) in [4.78, 5) is 8.55. The molecule has 0 radical (unpaired) electrons. The average molecular weight is 389 g/mol. The molecular formula is C19H14F3N3OS. The first kappa shape index (κ1) is 17.7. The number of nitrogens with zero attached hydrogens (tertiary/aromatic N) is 3. The lowest BCUT2D eigenvalue weighted by atomic mass is 10.2. The highest BCUT2D eigenvalue weighted by atomic mass is 32.2. The van der Waals surface area contributed by atoms with Crippen molar-refractivity contribution in [2.45, 2.75) is 23.6 Å². The smallest absolute Gasteiger partial charge is 0.406 e. The van der Waals surface area contributed by atoms with E-state index < -0.39 is 12.7 Å². The first-order valence-corrected chi connectivity index (χ1v) is 9.13. The number of oxazole rings is 1. The highest BCUT2D eigenvalue weighted by Crippen LogP contribution is 2.31. The number of aromatic nitrogens is 3. The van der Waals surface area contributed by atoms with Gasteiger partial charge in [-0.1, -0.05) is 54.2 Å². The zero-order chi connectivity index (χ0) is 18.9. The van der Waals surface area contributed by atoms with Gasteiger partial charge in [0.15, 0.2) is 10.7 Å². The lowest BCUT2D eigenvalue weighted by Crippen LogP contribution is -2.19. The van der Waals surface area contributed by atoms with Crippen LogP contribution < -0.4 is 0 Å². The molecule has 2 heterocycles. The molecule has 2 aromatic carbocycles. The fourth-order valence-corrected chi connectivity index (χ4v) is 3.58. The van der Waals surface area contributed by atoms with Crippen LogP contribution in [0.25, 0.3) is 22.4 Å². The molecular weight excluding hydrogens is 375 g/mol. The zero-order valence-corrected chi connectivity index (χ0v) is 14.8. The van der Waals surface area contributed by atoms with Crippen molar-refractivity contribution in [3.05, 3.63) is 66.7 Å². The van der Waals surface area contributed by atoms with Crippen LogP contribution in [0.2, 0.25) is 0 Å². The summed E-state index contributed by atoms with van der Waals surface area (Å²) in [6, 6.07) is 16.2. The molecule has 0 unspecified atom stereocenters. The molecule has 0 aliphatic heterocycles. The van der Waals surface area contributed by atoms with Gasteiger partial charge in [-0.05, 0) is 17.7 Å². The lowest BCUT2D eigenvalue weighted by Gasteiger charge is -2.13. The Morgan fingerprint density at radius 3 is 2.48 bits per heavy atom. The van der Waals surface area contributed by atoms with Gasteiger partial charge in [-0.3, -0.25) is 0 Å². The van der Waals surface area contributed by atoms with Gasteiger partial charge in [0.2, 0.25) is 5.89 Å². The Kier molecular flexibility index (Phi) is 4.65. The van der Waals surface area contributed by atoms with Crippen LogP contribution in [0.1, 0.15) is 5.89 Å². The Bertz CT molecular complexity index is 1020. The van der Waals surface area contributed by atoms with Crippen molar-refractivity contribution in [1.29, 1.82) is 0 Å². The normalized spacial score (nSPS) is 12.0. The van der Waals surface area contributed by atoms with E-state index in [1.165, 1.54) is 22.5 Å². The minimum absolute atomic E-state index is 0.272. The fourth-order valence-electron chi connectivity index (χ4n) is 2.75. The molecule has 0 aliphatic carbocycles. The van der Waals surface area contributed by atoms with Crippen molar-refractivity contribution < 1.29 is 17.6 Å². The van der Waals surface area contributed by atoms with E-state index in [1.54, 1.807) is 30.3 Å². The molecule has 0 amide bonds. The van der Waals surface area contributed by atoms with Crippen molar-refractivity contribution in [2.24, 2.45) is 0 Å². The molecule has 4 aromatic rings. The maximum atomic E-state index is 13.1. The average Bonchev–Trinajstić information content (AvgIpc) is 3.23. The highest BCUT2D eigenvalue weighted by molar-refractivity contribution is 7.98. The Morgan fingerprint density at radius 2 is 1.74 bits per heavy atom. The third kappa shape index (κ3) is 4.00. The van der Waals surface area contributed by atoms with Crippen LogP contribution in [-0.2, 0) is 12.3 Å². The van der Waals surface area contributed by atoms with Gasteiger partial charge in [-0.15, -0.1) is 0 Å². The first-order chi connectivity index (χ1) is 13.0. The van der Waals surface area contributed by atoms with Gasteiger partial charge in [0.25, 0.3) is 0 Å². The van der Waals surface area contributed by atoms with Crippen molar-refractivity contribution in [1.82, 2.24) is 14.5 Å². The summed E-state index contributed by atoms with van der Waals surface area (Å²) in [5, 5.41) is 0.272. The molecule has 0 bridgehead atoms. The molecule has 8 heteroatoms. The number of benzene rings is 2. The summed E-state index contributed by atoms with van der Waals surface area (Å²) in [6.45, 7) is -1.10. The summed E-state index contributed by atoms with van der Waals surface area (Å²) in [5.74, 6) is 0.738. The Morgan fingerprint density at radius 1 is 1.00 bits per heavy atom. The Labute approximate surface area is 157 Å². The van der Waals surface area contributed by atoms with E-state index in [0.29, 0.717) is 22.7 Å². The molecule has 0 fully saturated rings. The third-order valence-corrected chi connectivity index (χ3v) is 4.86. The molecule has 0 atom stereocenters. The largest absolute Gasteiger partial charge is 0.440 e. The van der Waals surface area contributed by atoms with E-state index in [1.807, 2.05) is 24.3 Å². The van der Waals surface area contributed by atoms with Crippen molar-refractivity contribution in [2.75, 3.05) is 0 Å². The van der Waals surface area contributed by atoms with E-state index in [-0.39, 0.29) is 10.9 Å². The van der Waals surface area contributed by atoms with Gasteiger partial charge in [-0.2, -0.15) is 13.2 Å². The van der Waals surface area contributed by atoms with Crippen LogP contribution >= 0.6 is 11.8 Å². The third-order valence-electron chi connectivity index (χ3n) is 3.89. The van der Waals surface area contributed by atoms with E-state index in [2.05, 4.69) is 9.97 Å². The highest BCUT2D eigenvalue weighted by Gasteiger charge is 2.31. The molecule has 0 aliphatic rings. The summed E-state index contributed by atoms with van der Waals surface area (Å²) in [7, 11) is 0. The van der Waals surface area contributed by atoms with Crippen molar-refractivity contribution in [3.63, 3.8) is 0 Å². The van der Waals surface area contributed by atoms with E-state index in [9.17, 15) is 13.2 Å². The number of halogens is 3. The monoisotopic (exact) mass is 389 g/mol. The SMILES string of the molecule is FC(F)(F)Cn1c(-c2ccccc2)cnc1SCc1nc2ccccc2o1. The first-order valence-electron chi connectivity index (χ1n) is 8.14. The number of hydrogen-bond acceptors (Lipinski definition) is 4. The minimum atomic E-state index is -4.35. The standard InChI is InChI=1S/C19H14F3N3OS/c20-19(21,22)12-25-15(13-6-2-1-3-7-13)10-23-18(25)27-11-17-24-14-8-4-5-9-16(14)26-17/h1-10H,11-12H2. The molecule has 27 heavy (non-hydrogen) atoms. The second-order valence-electron chi connectivity index (χ2n) is 5.86. The summed E-state index contributed by atoms with van der Waals surface area (Å²) in [6.07, 6.45) is -2.88. The number of rotatable bonds is 5. The summed E-state index contributed by atoms with van der Waals surface area (Å²) in [5.41, 5.74) is 2.48. The van der Waals surface area contributed by atoms with Gasteiger partial charge in [-0.25, -0.2) is 9.97 Å². The number of hydrogen-bond donors (Lipinski definition) is 0. The van der Waals surface area contributed by atoms with Crippen molar-refractivity contribution >= 4 is 22.9 Å². The van der Waals surface area contributed by atoms with Gasteiger partial charge in [0, 0.05) is 0 Å². The van der Waals surface area contributed by atoms with Gasteiger partial charge < -0.3 is 8.98 Å². The maximum absolute atomic E-state index is 13.1. The number of para-hydroxylation sites is 2. The molecule has 0 N–H and O–H groups in total. The Balaban J connectivity index is 1.62. The van der Waals surface area contributed by atoms with Crippen LogP contribution in [0, 0.1) is 0 Å². The van der Waals surface area contributed by atoms with E-state index >= 15 is 0 Å². The van der Waals surface area contributed by atoms with E-state index in [4.69, 9.17) is 4.42 Å². The molecule has 2 aromatic heterocycles. The molecule has 0 saturated carbocycles. The Hall–Kier alpha value is -2.74. The van der Waals surface area contributed by atoms with Gasteiger partial charge in [0.1, 0.15) is 12.1 Å². The second-order valence-corrected chi connectivity index (χ2v) is 6.80. The molecule has 4 nitrogen and oxygen atoms in total. The molecule has 0 spiro atoms. The number of thioether (sulfide) groups is 1. The lowest BCUT2D eigenvalue weighted by molar-refractivity contribution is -0.141. The zero-order valence-electron chi connectivity index (χ0n) is 14.0. The van der Waals surface area contributed by atoms with Crippen LogP contribution in [0.3, 0.4) is 0 Å².